The molecule has 0 unspecified atom stereocenters. The van der Waals surface area contributed by atoms with Crippen LogP contribution in [0.3, 0.4) is 0 Å². The molecule has 0 heterocycles. The summed E-state index contributed by atoms with van der Waals surface area (Å²) in [7, 11) is 1.00. The number of hydrogen-bond acceptors (Lipinski definition) is 1. The highest BCUT2D eigenvalue weighted by molar-refractivity contribution is 5.71. The maximum atomic E-state index is 12.8. The van der Waals surface area contributed by atoms with Crippen molar-refractivity contribution in [3.63, 3.8) is 0 Å². The van der Waals surface area contributed by atoms with Crippen LogP contribution in [0.15, 0.2) is 30.5 Å². The van der Waals surface area contributed by atoms with Crippen molar-refractivity contribution in [1.29, 1.82) is 0 Å². The molecule has 1 nitrogen and oxygen atoms in total. The minimum absolute atomic E-state index is 0.177. The normalized spacial score (nSPS) is 12.6. The van der Waals surface area contributed by atoms with Crippen LogP contribution in [0, 0.1) is 5.82 Å². The molecule has 0 spiro atoms. The number of benzene rings is 1. The van der Waals surface area contributed by atoms with Crippen LogP contribution in [0.25, 0.3) is 5.57 Å². The first-order chi connectivity index (χ1) is 6.81. The Bertz CT molecular complexity index is 376. The van der Waals surface area contributed by atoms with Gasteiger partial charge in [-0.15, -0.1) is 5.73 Å². The summed E-state index contributed by atoms with van der Waals surface area (Å²) in [6, 6.07) is 4.91. The maximum Gasteiger partial charge on any atom is 0.123 e. The standard InChI is InChI=1S/C11H9F.CH4O/c1-2-8-3-4-9-5-6-10(12)7-11(8)9;1-2/h5-7H,1,3-4H2;2H,1H3. The van der Waals surface area contributed by atoms with Crippen molar-refractivity contribution in [2.45, 2.75) is 12.8 Å². The average molecular weight is 192 g/mol. The summed E-state index contributed by atoms with van der Waals surface area (Å²) in [6.07, 6.45) is 1.94. The Hall–Kier alpha value is -1.37. The van der Waals surface area contributed by atoms with Crippen LogP contribution >= 0.6 is 0 Å². The highest BCUT2D eigenvalue weighted by Crippen LogP contribution is 2.31. The fourth-order valence-corrected chi connectivity index (χ4v) is 1.63. The lowest BCUT2D eigenvalue weighted by molar-refractivity contribution is 0.399. The van der Waals surface area contributed by atoms with Crippen LogP contribution in [0.1, 0.15) is 17.5 Å². The molecular formula is C12H13FO. The highest BCUT2D eigenvalue weighted by atomic mass is 19.1. The van der Waals surface area contributed by atoms with E-state index in [4.69, 9.17) is 5.11 Å². The second-order valence-electron chi connectivity index (χ2n) is 2.96. The smallest absolute Gasteiger partial charge is 0.123 e. The molecule has 0 radical (unpaired) electrons. The summed E-state index contributed by atoms with van der Waals surface area (Å²) in [5.74, 6) is -0.177. The number of aliphatic hydroxyl groups excluding tert-OH is 1. The van der Waals surface area contributed by atoms with E-state index in [0.717, 1.165) is 31.1 Å². The molecule has 0 saturated carbocycles. The second-order valence-corrected chi connectivity index (χ2v) is 2.96. The summed E-state index contributed by atoms with van der Waals surface area (Å²) < 4.78 is 12.8. The van der Waals surface area contributed by atoms with E-state index < -0.39 is 0 Å². The van der Waals surface area contributed by atoms with Crippen molar-refractivity contribution in [1.82, 2.24) is 0 Å². The molecule has 0 saturated heterocycles. The van der Waals surface area contributed by atoms with Gasteiger partial charge < -0.3 is 5.11 Å². The molecule has 0 fully saturated rings. The van der Waals surface area contributed by atoms with Crippen LogP contribution in [-0.4, -0.2) is 12.2 Å². The van der Waals surface area contributed by atoms with E-state index in [-0.39, 0.29) is 5.82 Å². The topological polar surface area (TPSA) is 20.2 Å². The number of aliphatic hydroxyl groups is 1. The molecule has 0 amide bonds. The Morgan fingerprint density at radius 3 is 2.71 bits per heavy atom. The van der Waals surface area contributed by atoms with Crippen LogP contribution in [0.5, 0.6) is 0 Å². The second kappa shape index (κ2) is 4.75. The first-order valence-electron chi connectivity index (χ1n) is 4.43. The summed E-state index contributed by atoms with van der Waals surface area (Å²) >= 11 is 0. The largest absolute Gasteiger partial charge is 0.400 e. The Morgan fingerprint density at radius 1 is 1.36 bits per heavy atom. The molecule has 1 aliphatic carbocycles. The van der Waals surface area contributed by atoms with Gasteiger partial charge in [-0.25, -0.2) is 4.39 Å². The summed E-state index contributed by atoms with van der Waals surface area (Å²) in [5, 5.41) is 7.00. The summed E-state index contributed by atoms with van der Waals surface area (Å²) in [4.78, 5) is 0. The van der Waals surface area contributed by atoms with Gasteiger partial charge in [0.2, 0.25) is 0 Å². The minimum Gasteiger partial charge on any atom is -0.400 e. The highest BCUT2D eigenvalue weighted by Gasteiger charge is 2.15. The van der Waals surface area contributed by atoms with E-state index >= 15 is 0 Å². The molecule has 0 aliphatic heterocycles. The summed E-state index contributed by atoms with van der Waals surface area (Å²) in [5.41, 5.74) is 6.09. The third-order valence-electron chi connectivity index (χ3n) is 2.25. The SMILES string of the molecule is C=C=C1CCc2ccc(F)cc21.CO. The van der Waals surface area contributed by atoms with Gasteiger partial charge in [-0.05, 0) is 36.1 Å². The van der Waals surface area contributed by atoms with Crippen molar-refractivity contribution < 1.29 is 9.50 Å². The van der Waals surface area contributed by atoms with Gasteiger partial charge in [0.15, 0.2) is 0 Å². The number of rotatable bonds is 0. The van der Waals surface area contributed by atoms with Gasteiger partial charge in [0.05, 0.1) is 0 Å². The Labute approximate surface area is 83.2 Å². The predicted octanol–water partition coefficient (Wildman–Crippen LogP) is 2.55. The van der Waals surface area contributed by atoms with Gasteiger partial charge >= 0.3 is 0 Å². The van der Waals surface area contributed by atoms with Crippen molar-refractivity contribution >= 4 is 5.57 Å². The lowest BCUT2D eigenvalue weighted by Gasteiger charge is -1.97. The molecule has 1 aromatic rings. The molecule has 1 N–H and O–H groups in total. The Kier molecular flexibility index (Phi) is 3.63. The summed E-state index contributed by atoms with van der Waals surface area (Å²) in [6.45, 7) is 3.59. The van der Waals surface area contributed by atoms with Crippen molar-refractivity contribution in [2.24, 2.45) is 0 Å². The first kappa shape index (κ1) is 10.7. The van der Waals surface area contributed by atoms with E-state index in [9.17, 15) is 4.39 Å². The number of allylic oxidation sites excluding steroid dienone is 1. The number of halogens is 1. The van der Waals surface area contributed by atoms with Gasteiger partial charge in [0.25, 0.3) is 0 Å². The van der Waals surface area contributed by atoms with Gasteiger partial charge in [-0.2, -0.15) is 0 Å². The van der Waals surface area contributed by atoms with Crippen LogP contribution in [0.4, 0.5) is 4.39 Å². The van der Waals surface area contributed by atoms with Crippen LogP contribution in [-0.2, 0) is 6.42 Å². The molecule has 1 aliphatic rings. The van der Waals surface area contributed by atoms with Crippen LogP contribution in [0.2, 0.25) is 0 Å². The fraction of sp³-hybridized carbons (Fsp3) is 0.250. The number of hydrogen-bond donors (Lipinski definition) is 1. The van der Waals surface area contributed by atoms with Gasteiger partial charge in [0.1, 0.15) is 5.82 Å². The molecule has 2 heteroatoms. The van der Waals surface area contributed by atoms with Crippen molar-refractivity contribution in [2.75, 3.05) is 7.11 Å². The van der Waals surface area contributed by atoms with Crippen LogP contribution < -0.4 is 0 Å². The van der Waals surface area contributed by atoms with E-state index in [0.29, 0.717) is 0 Å². The van der Waals surface area contributed by atoms with Gasteiger partial charge in [-0.1, -0.05) is 12.6 Å². The van der Waals surface area contributed by atoms with Gasteiger partial charge in [0, 0.05) is 12.7 Å². The van der Waals surface area contributed by atoms with Gasteiger partial charge in [-0.3, -0.25) is 0 Å². The third kappa shape index (κ3) is 1.92. The Balaban J connectivity index is 0.000000461. The van der Waals surface area contributed by atoms with E-state index in [1.54, 1.807) is 6.07 Å². The zero-order valence-corrected chi connectivity index (χ0v) is 8.18. The van der Waals surface area contributed by atoms with E-state index in [1.807, 2.05) is 6.07 Å². The third-order valence-corrected chi connectivity index (χ3v) is 2.25. The number of aryl methyl sites for hydroxylation is 1. The minimum atomic E-state index is -0.177. The number of fused-ring (bicyclic) bond motifs is 1. The fourth-order valence-electron chi connectivity index (χ4n) is 1.63. The zero-order chi connectivity index (χ0) is 10.6. The molecule has 74 valence electrons. The first-order valence-corrected chi connectivity index (χ1v) is 4.43. The molecule has 2 rings (SSSR count). The molecule has 14 heavy (non-hydrogen) atoms. The Morgan fingerprint density at radius 2 is 2.07 bits per heavy atom. The lowest BCUT2D eigenvalue weighted by Crippen LogP contribution is -1.82. The quantitative estimate of drug-likeness (QED) is 0.626. The molecule has 0 atom stereocenters. The zero-order valence-electron chi connectivity index (χ0n) is 8.18. The van der Waals surface area contributed by atoms with E-state index in [2.05, 4.69) is 12.3 Å². The van der Waals surface area contributed by atoms with Crippen molar-refractivity contribution in [3.8, 4) is 0 Å². The molecular weight excluding hydrogens is 179 g/mol. The molecule has 0 bridgehead atoms. The average Bonchev–Trinajstić information content (AvgIpc) is 2.63. The molecule has 0 aromatic heterocycles. The van der Waals surface area contributed by atoms with E-state index in [1.165, 1.54) is 11.6 Å². The molecule has 1 aromatic carbocycles. The monoisotopic (exact) mass is 192 g/mol. The predicted molar refractivity (Wildman–Crippen MR) is 55.4 cm³/mol. The lowest BCUT2D eigenvalue weighted by atomic mass is 10.1. The maximum absolute atomic E-state index is 12.8. The van der Waals surface area contributed by atoms with Crippen molar-refractivity contribution in [3.05, 3.63) is 47.5 Å².